The van der Waals surface area contributed by atoms with Gasteiger partial charge in [0.15, 0.2) is 0 Å². The number of aromatic hydroxyl groups is 1. The van der Waals surface area contributed by atoms with Crippen LogP contribution < -0.4 is 0 Å². The van der Waals surface area contributed by atoms with Crippen molar-refractivity contribution in [3.63, 3.8) is 0 Å². The zero-order valence-corrected chi connectivity index (χ0v) is 14.2. The monoisotopic (exact) mass is 339 g/mol. The smallest absolute Gasteiger partial charge is 0.115 e. The van der Waals surface area contributed by atoms with Gasteiger partial charge in [-0.05, 0) is 73.2 Å². The number of benzene rings is 2. The van der Waals surface area contributed by atoms with Crippen LogP contribution in [-0.4, -0.2) is 15.1 Å². The number of nitrogens with zero attached hydrogens (tertiary/aromatic N) is 2. The van der Waals surface area contributed by atoms with Crippen LogP contribution in [0.2, 0.25) is 0 Å². The Morgan fingerprint density at radius 3 is 2.50 bits per heavy atom. The van der Waals surface area contributed by atoms with Crippen LogP contribution in [0.25, 0.3) is 33.1 Å². The van der Waals surface area contributed by atoms with Gasteiger partial charge in [0.05, 0.1) is 16.8 Å². The number of H-pyrrole nitrogens is 1. The maximum Gasteiger partial charge on any atom is 0.115 e. The van der Waals surface area contributed by atoms with Gasteiger partial charge in [-0.1, -0.05) is 0 Å². The Morgan fingerprint density at radius 2 is 1.73 bits per heavy atom. The Balaban J connectivity index is 1.91. The van der Waals surface area contributed by atoms with Crippen LogP contribution >= 0.6 is 0 Å². The maximum absolute atomic E-state index is 9.61. The third kappa shape index (κ3) is 2.11. The standard InChI is InChI=1S/C22H17N3O/c23-11-14-12-24-18-9-10-19-21(20(14)18)16-3-1-2-4-17(16)22(25-19)13-5-7-15(26)8-6-13/h5-10,12,24,26H,1-4H2. The molecule has 0 atom stereocenters. The van der Waals surface area contributed by atoms with Crippen molar-refractivity contribution in [2.24, 2.45) is 0 Å². The van der Waals surface area contributed by atoms with Crippen LogP contribution in [0, 0.1) is 11.3 Å². The zero-order valence-electron chi connectivity index (χ0n) is 14.2. The summed E-state index contributed by atoms with van der Waals surface area (Å²) < 4.78 is 0. The fourth-order valence-electron chi connectivity index (χ4n) is 4.19. The van der Waals surface area contributed by atoms with Crippen molar-refractivity contribution in [3.05, 3.63) is 59.3 Å². The minimum Gasteiger partial charge on any atom is -0.508 e. The second-order valence-electron chi connectivity index (χ2n) is 6.87. The summed E-state index contributed by atoms with van der Waals surface area (Å²) in [7, 11) is 0. The van der Waals surface area contributed by atoms with Gasteiger partial charge in [-0.25, -0.2) is 4.98 Å². The summed E-state index contributed by atoms with van der Waals surface area (Å²) in [5, 5.41) is 21.3. The number of fused-ring (bicyclic) bond motifs is 5. The summed E-state index contributed by atoms with van der Waals surface area (Å²) in [6.45, 7) is 0. The SMILES string of the molecule is N#Cc1c[nH]c2ccc3nc(-c4ccc(O)cc4)c4c(c3c12)CCCC4. The third-order valence-electron chi connectivity index (χ3n) is 5.37. The lowest BCUT2D eigenvalue weighted by molar-refractivity contribution is 0.475. The Labute approximate surface area is 150 Å². The molecule has 1 aliphatic carbocycles. The predicted octanol–water partition coefficient (Wildman–Crippen LogP) is 4.84. The maximum atomic E-state index is 9.61. The Hall–Kier alpha value is -3.32. The van der Waals surface area contributed by atoms with Crippen molar-refractivity contribution in [3.8, 4) is 23.1 Å². The third-order valence-corrected chi connectivity index (χ3v) is 5.37. The van der Waals surface area contributed by atoms with Crippen molar-refractivity contribution in [1.29, 1.82) is 5.26 Å². The summed E-state index contributed by atoms with van der Waals surface area (Å²) in [6.07, 6.45) is 6.10. The number of aromatic nitrogens is 2. The van der Waals surface area contributed by atoms with Gasteiger partial charge in [0.25, 0.3) is 0 Å². The first-order chi connectivity index (χ1) is 12.8. The van der Waals surface area contributed by atoms with Crippen LogP contribution in [0.4, 0.5) is 0 Å². The Morgan fingerprint density at radius 1 is 0.962 bits per heavy atom. The first-order valence-corrected chi connectivity index (χ1v) is 8.91. The molecule has 2 aromatic heterocycles. The molecule has 126 valence electrons. The van der Waals surface area contributed by atoms with Gasteiger partial charge in [-0.15, -0.1) is 0 Å². The van der Waals surface area contributed by atoms with E-state index in [4.69, 9.17) is 4.98 Å². The molecule has 0 unspecified atom stereocenters. The molecule has 2 aromatic carbocycles. The molecule has 1 aliphatic rings. The fraction of sp³-hybridized carbons (Fsp3) is 0.182. The van der Waals surface area contributed by atoms with Crippen LogP contribution in [0.1, 0.15) is 29.5 Å². The summed E-state index contributed by atoms with van der Waals surface area (Å²) in [5.74, 6) is 0.260. The molecule has 0 fully saturated rings. The molecule has 2 N–H and O–H groups in total. The van der Waals surface area contributed by atoms with E-state index in [9.17, 15) is 10.4 Å². The van der Waals surface area contributed by atoms with Crippen LogP contribution in [0.3, 0.4) is 0 Å². The van der Waals surface area contributed by atoms with E-state index in [0.29, 0.717) is 5.56 Å². The van der Waals surface area contributed by atoms with E-state index in [1.54, 1.807) is 18.3 Å². The average molecular weight is 339 g/mol. The molecule has 0 saturated heterocycles. The van der Waals surface area contributed by atoms with Gasteiger partial charge >= 0.3 is 0 Å². The normalized spacial score (nSPS) is 13.7. The highest BCUT2D eigenvalue weighted by molar-refractivity contribution is 6.10. The van der Waals surface area contributed by atoms with E-state index in [1.165, 1.54) is 11.1 Å². The van der Waals surface area contributed by atoms with Gasteiger partial charge in [0.1, 0.15) is 11.8 Å². The van der Waals surface area contributed by atoms with Gasteiger partial charge in [-0.3, -0.25) is 0 Å². The molecular weight excluding hydrogens is 322 g/mol. The van der Waals surface area contributed by atoms with Gasteiger partial charge in [0, 0.05) is 28.0 Å². The molecule has 0 amide bonds. The minimum atomic E-state index is 0.260. The molecule has 26 heavy (non-hydrogen) atoms. The molecule has 5 rings (SSSR count). The number of aromatic amines is 1. The summed E-state index contributed by atoms with van der Waals surface area (Å²) in [4.78, 5) is 8.20. The van der Waals surface area contributed by atoms with E-state index in [2.05, 4.69) is 11.1 Å². The van der Waals surface area contributed by atoms with Gasteiger partial charge in [-0.2, -0.15) is 5.26 Å². The highest BCUT2D eigenvalue weighted by Crippen LogP contribution is 2.39. The second-order valence-corrected chi connectivity index (χ2v) is 6.87. The lowest BCUT2D eigenvalue weighted by Crippen LogP contribution is -2.08. The average Bonchev–Trinajstić information content (AvgIpc) is 3.11. The van der Waals surface area contributed by atoms with E-state index in [0.717, 1.165) is 58.7 Å². The predicted molar refractivity (Wildman–Crippen MR) is 102 cm³/mol. The molecule has 0 saturated carbocycles. The number of aryl methyl sites for hydroxylation is 1. The van der Waals surface area contributed by atoms with Crippen molar-refractivity contribution < 1.29 is 5.11 Å². The van der Waals surface area contributed by atoms with Crippen molar-refractivity contribution >= 4 is 21.8 Å². The molecule has 0 bridgehead atoms. The van der Waals surface area contributed by atoms with Crippen LogP contribution in [-0.2, 0) is 12.8 Å². The molecule has 0 aliphatic heterocycles. The largest absolute Gasteiger partial charge is 0.508 e. The number of pyridine rings is 1. The number of hydrogen-bond acceptors (Lipinski definition) is 3. The Bertz CT molecular complexity index is 1200. The van der Waals surface area contributed by atoms with E-state index in [-0.39, 0.29) is 5.75 Å². The van der Waals surface area contributed by atoms with E-state index >= 15 is 0 Å². The highest BCUT2D eigenvalue weighted by Gasteiger charge is 2.22. The lowest BCUT2D eigenvalue weighted by atomic mass is 9.85. The number of phenolic OH excluding ortho intramolecular Hbond substituents is 1. The quantitative estimate of drug-likeness (QED) is 0.521. The van der Waals surface area contributed by atoms with E-state index < -0.39 is 0 Å². The molecular formula is C22H17N3O. The topological polar surface area (TPSA) is 72.7 Å². The number of hydrogen-bond donors (Lipinski definition) is 2. The number of nitrogens with one attached hydrogen (secondary N) is 1. The molecule has 2 heterocycles. The summed E-state index contributed by atoms with van der Waals surface area (Å²) in [5.41, 5.74) is 7.23. The van der Waals surface area contributed by atoms with Gasteiger partial charge < -0.3 is 10.1 Å². The van der Waals surface area contributed by atoms with Crippen molar-refractivity contribution in [2.45, 2.75) is 25.7 Å². The van der Waals surface area contributed by atoms with Crippen molar-refractivity contribution in [1.82, 2.24) is 9.97 Å². The summed E-state index contributed by atoms with van der Waals surface area (Å²) >= 11 is 0. The zero-order chi connectivity index (χ0) is 17.7. The fourth-order valence-corrected chi connectivity index (χ4v) is 4.19. The van der Waals surface area contributed by atoms with E-state index in [1.807, 2.05) is 24.3 Å². The minimum absolute atomic E-state index is 0.260. The van der Waals surface area contributed by atoms with Gasteiger partial charge in [0.2, 0.25) is 0 Å². The molecule has 4 nitrogen and oxygen atoms in total. The second kappa shape index (κ2) is 5.60. The molecule has 4 heteroatoms. The molecule has 4 aromatic rings. The van der Waals surface area contributed by atoms with Crippen LogP contribution in [0.15, 0.2) is 42.6 Å². The lowest BCUT2D eigenvalue weighted by Gasteiger charge is -2.22. The number of rotatable bonds is 1. The van der Waals surface area contributed by atoms with Crippen LogP contribution in [0.5, 0.6) is 5.75 Å². The number of phenols is 1. The highest BCUT2D eigenvalue weighted by atomic mass is 16.3. The number of nitriles is 1. The Kier molecular flexibility index (Phi) is 3.23. The molecule has 0 radical (unpaired) electrons. The first kappa shape index (κ1) is 15.0. The summed E-state index contributed by atoms with van der Waals surface area (Å²) in [6, 6.07) is 13.6. The van der Waals surface area contributed by atoms with Crippen molar-refractivity contribution in [2.75, 3.05) is 0 Å². The first-order valence-electron chi connectivity index (χ1n) is 8.91. The molecule has 0 spiro atoms.